The first-order chi connectivity index (χ1) is 8.20. The first-order valence-electron chi connectivity index (χ1n) is 5.35. The van der Waals surface area contributed by atoms with Gasteiger partial charge in [-0.1, -0.05) is 30.3 Å². The minimum atomic E-state index is -1.16. The molecule has 0 fully saturated rings. The Bertz CT molecular complexity index is 528. The summed E-state index contributed by atoms with van der Waals surface area (Å²) in [6, 6.07) is 11.5. The van der Waals surface area contributed by atoms with Gasteiger partial charge in [-0.3, -0.25) is 9.19 Å². The summed E-state index contributed by atoms with van der Waals surface area (Å²) in [4.78, 5) is 4.55. The van der Waals surface area contributed by atoms with Crippen molar-refractivity contribution < 1.29 is 4.21 Å². The Morgan fingerprint density at radius 3 is 2.59 bits per heavy atom. The fourth-order valence-electron chi connectivity index (χ4n) is 1.62. The maximum absolute atomic E-state index is 12.4. The number of nitrogens with two attached hydrogens (primary N) is 1. The van der Waals surface area contributed by atoms with Crippen molar-refractivity contribution in [3.8, 4) is 0 Å². The molecule has 2 rings (SSSR count). The highest BCUT2D eigenvalue weighted by molar-refractivity contribution is 7.85. The van der Waals surface area contributed by atoms with Gasteiger partial charge in [-0.2, -0.15) is 0 Å². The van der Waals surface area contributed by atoms with Crippen LogP contribution >= 0.6 is 0 Å². The van der Waals surface area contributed by atoms with E-state index in [0.717, 1.165) is 5.56 Å². The number of hydrogen-bond acceptors (Lipinski definition) is 3. The molecule has 0 aliphatic rings. The smallest absolute Gasteiger partial charge is 0.0664 e. The van der Waals surface area contributed by atoms with Gasteiger partial charge < -0.3 is 5.73 Å². The number of anilines is 1. The second-order valence-corrected chi connectivity index (χ2v) is 5.51. The maximum atomic E-state index is 12.4. The first-order valence-corrected chi connectivity index (χ1v) is 6.56. The van der Waals surface area contributed by atoms with Crippen LogP contribution in [0.3, 0.4) is 0 Å². The Balaban J connectivity index is 2.30. The number of hydrogen-bond donors (Lipinski definition) is 1. The largest absolute Gasteiger partial charge is 0.396 e. The second-order valence-electron chi connectivity index (χ2n) is 3.76. The van der Waals surface area contributed by atoms with Crippen LogP contribution in [0, 0.1) is 0 Å². The van der Waals surface area contributed by atoms with E-state index < -0.39 is 10.8 Å². The highest BCUT2D eigenvalue weighted by atomic mass is 32.2. The van der Waals surface area contributed by atoms with E-state index in [1.807, 2.05) is 37.3 Å². The standard InChI is InChI=1S/C13H14N2OS/c1-10(11-5-3-2-4-6-11)17(16)13-7-8-15-9-12(13)14/h2-10H,14H2,1H3. The minimum absolute atomic E-state index is 0.0825. The summed E-state index contributed by atoms with van der Waals surface area (Å²) in [5, 5.41) is -0.0825. The summed E-state index contributed by atoms with van der Waals surface area (Å²) in [5.41, 5.74) is 7.31. The van der Waals surface area contributed by atoms with Gasteiger partial charge in [0.15, 0.2) is 0 Å². The van der Waals surface area contributed by atoms with Crippen LogP contribution in [-0.2, 0) is 10.8 Å². The van der Waals surface area contributed by atoms with Gasteiger partial charge in [0.05, 0.1) is 32.8 Å². The lowest BCUT2D eigenvalue weighted by Gasteiger charge is -2.12. The topological polar surface area (TPSA) is 56.0 Å². The molecule has 0 aliphatic heterocycles. The predicted molar refractivity (Wildman–Crippen MR) is 69.9 cm³/mol. The Labute approximate surface area is 103 Å². The molecule has 0 bridgehead atoms. The van der Waals surface area contributed by atoms with E-state index in [0.29, 0.717) is 10.6 Å². The molecule has 0 spiro atoms. The van der Waals surface area contributed by atoms with E-state index in [1.54, 1.807) is 12.3 Å². The van der Waals surface area contributed by atoms with Crippen molar-refractivity contribution >= 4 is 16.5 Å². The van der Waals surface area contributed by atoms with E-state index in [2.05, 4.69) is 4.98 Å². The zero-order valence-electron chi connectivity index (χ0n) is 9.54. The van der Waals surface area contributed by atoms with Crippen molar-refractivity contribution in [1.29, 1.82) is 0 Å². The van der Waals surface area contributed by atoms with Crippen molar-refractivity contribution in [3.63, 3.8) is 0 Å². The molecule has 0 radical (unpaired) electrons. The lowest BCUT2D eigenvalue weighted by atomic mass is 10.2. The van der Waals surface area contributed by atoms with Gasteiger partial charge in [-0.15, -0.1) is 0 Å². The minimum Gasteiger partial charge on any atom is -0.396 e. The highest BCUT2D eigenvalue weighted by Crippen LogP contribution is 2.27. The van der Waals surface area contributed by atoms with Crippen molar-refractivity contribution in [3.05, 3.63) is 54.4 Å². The zero-order chi connectivity index (χ0) is 12.3. The second kappa shape index (κ2) is 5.10. The van der Waals surface area contributed by atoms with Crippen molar-refractivity contribution in [2.75, 3.05) is 5.73 Å². The molecule has 1 aromatic carbocycles. The Hall–Kier alpha value is -1.68. The first kappa shape index (κ1) is 11.8. The van der Waals surface area contributed by atoms with Crippen molar-refractivity contribution in [1.82, 2.24) is 4.98 Å². The molecule has 4 heteroatoms. The molecule has 1 aromatic heterocycles. The van der Waals surface area contributed by atoms with Crippen molar-refractivity contribution in [2.45, 2.75) is 17.1 Å². The summed E-state index contributed by atoms with van der Waals surface area (Å²) in [7, 11) is -1.16. The lowest BCUT2D eigenvalue weighted by molar-refractivity contribution is 0.676. The summed E-state index contributed by atoms with van der Waals surface area (Å²) >= 11 is 0. The Kier molecular flexibility index (Phi) is 3.54. The average molecular weight is 246 g/mol. The van der Waals surface area contributed by atoms with Crippen LogP contribution in [0.2, 0.25) is 0 Å². The van der Waals surface area contributed by atoms with Gasteiger partial charge in [0.1, 0.15) is 0 Å². The van der Waals surface area contributed by atoms with Crippen LogP contribution < -0.4 is 5.73 Å². The number of rotatable bonds is 3. The van der Waals surface area contributed by atoms with Gasteiger partial charge >= 0.3 is 0 Å². The van der Waals surface area contributed by atoms with E-state index in [1.165, 1.54) is 6.20 Å². The summed E-state index contributed by atoms with van der Waals surface area (Å²) in [6.07, 6.45) is 3.15. The Morgan fingerprint density at radius 2 is 1.94 bits per heavy atom. The Morgan fingerprint density at radius 1 is 1.24 bits per heavy atom. The third-order valence-corrected chi connectivity index (χ3v) is 4.34. The number of aromatic nitrogens is 1. The third kappa shape index (κ3) is 2.53. The summed E-state index contributed by atoms with van der Waals surface area (Å²) < 4.78 is 12.4. The van der Waals surface area contributed by atoms with Gasteiger partial charge in [0, 0.05) is 6.20 Å². The van der Waals surface area contributed by atoms with Crippen LogP contribution in [0.15, 0.2) is 53.7 Å². The van der Waals surface area contributed by atoms with Crippen LogP contribution in [0.25, 0.3) is 0 Å². The molecule has 3 nitrogen and oxygen atoms in total. The molecule has 0 amide bonds. The predicted octanol–water partition coefficient (Wildman–Crippen LogP) is 2.53. The van der Waals surface area contributed by atoms with Crippen LogP contribution in [-0.4, -0.2) is 9.19 Å². The zero-order valence-corrected chi connectivity index (χ0v) is 10.4. The third-order valence-electron chi connectivity index (χ3n) is 2.62. The molecule has 0 aliphatic carbocycles. The van der Waals surface area contributed by atoms with Gasteiger partial charge in [0.2, 0.25) is 0 Å². The van der Waals surface area contributed by atoms with E-state index in [-0.39, 0.29) is 5.25 Å². The molecule has 88 valence electrons. The molecule has 2 unspecified atom stereocenters. The van der Waals surface area contributed by atoms with E-state index in [4.69, 9.17) is 5.73 Å². The van der Waals surface area contributed by atoms with Gasteiger partial charge in [-0.05, 0) is 18.6 Å². The number of nitrogens with zero attached hydrogens (tertiary/aromatic N) is 1. The lowest BCUT2D eigenvalue weighted by Crippen LogP contribution is -2.06. The van der Waals surface area contributed by atoms with Crippen LogP contribution in [0.1, 0.15) is 17.7 Å². The van der Waals surface area contributed by atoms with E-state index in [9.17, 15) is 4.21 Å². The molecule has 2 aromatic rings. The fraction of sp³-hybridized carbons (Fsp3) is 0.154. The van der Waals surface area contributed by atoms with Gasteiger partial charge in [0.25, 0.3) is 0 Å². The van der Waals surface area contributed by atoms with Crippen molar-refractivity contribution in [2.24, 2.45) is 0 Å². The number of nitrogen functional groups attached to an aromatic ring is 1. The fourth-order valence-corrected chi connectivity index (χ4v) is 2.88. The van der Waals surface area contributed by atoms with Crippen LogP contribution in [0.4, 0.5) is 5.69 Å². The SMILES string of the molecule is CC(c1ccccc1)S(=O)c1ccncc1N. The molecule has 2 N–H and O–H groups in total. The monoisotopic (exact) mass is 246 g/mol. The molecular weight excluding hydrogens is 232 g/mol. The normalized spacial score (nSPS) is 14.2. The number of benzene rings is 1. The average Bonchev–Trinajstić information content (AvgIpc) is 2.39. The van der Waals surface area contributed by atoms with Crippen LogP contribution in [0.5, 0.6) is 0 Å². The summed E-state index contributed by atoms with van der Waals surface area (Å²) in [5.74, 6) is 0. The molecular formula is C13H14N2OS. The summed E-state index contributed by atoms with van der Waals surface area (Å²) in [6.45, 7) is 1.94. The molecule has 2 atom stereocenters. The highest BCUT2D eigenvalue weighted by Gasteiger charge is 2.17. The molecule has 0 saturated heterocycles. The molecule has 17 heavy (non-hydrogen) atoms. The maximum Gasteiger partial charge on any atom is 0.0664 e. The van der Waals surface area contributed by atoms with E-state index >= 15 is 0 Å². The molecule has 0 saturated carbocycles. The molecule has 1 heterocycles. The number of pyridine rings is 1. The van der Waals surface area contributed by atoms with Gasteiger partial charge in [-0.25, -0.2) is 0 Å². The quantitative estimate of drug-likeness (QED) is 0.905.